The fourth-order valence-electron chi connectivity index (χ4n) is 3.77. The molecule has 0 atom stereocenters. The highest BCUT2D eigenvalue weighted by molar-refractivity contribution is 5.94. The summed E-state index contributed by atoms with van der Waals surface area (Å²) in [7, 11) is 0. The number of hydrogen-bond donors (Lipinski definition) is 2. The van der Waals surface area contributed by atoms with Crippen LogP contribution in [0.4, 0.5) is 5.69 Å². The molecule has 0 unspecified atom stereocenters. The van der Waals surface area contributed by atoms with Gasteiger partial charge >= 0.3 is 5.97 Å². The van der Waals surface area contributed by atoms with E-state index < -0.39 is 5.97 Å². The van der Waals surface area contributed by atoms with Crippen molar-refractivity contribution in [3.8, 4) is 0 Å². The van der Waals surface area contributed by atoms with Crippen LogP contribution in [0.15, 0.2) is 53.3 Å². The number of hydrogen-bond acceptors (Lipinski definition) is 4. The van der Waals surface area contributed by atoms with E-state index in [0.717, 1.165) is 17.6 Å². The van der Waals surface area contributed by atoms with Crippen LogP contribution in [0.3, 0.4) is 0 Å². The zero-order valence-electron chi connectivity index (χ0n) is 17.0. The minimum Gasteiger partial charge on any atom is -0.481 e. The van der Waals surface area contributed by atoms with Gasteiger partial charge in [-0.3, -0.25) is 19.0 Å². The Labute approximate surface area is 179 Å². The average molecular weight is 417 g/mol. The highest BCUT2D eigenvalue weighted by atomic mass is 16.4. The SMILES string of the molecule is O=C(O)CCCCC(=O)Nc1ccc2c(=O)n3c(nc2c1)C(=Cc1ccccc1)CC3. The summed E-state index contributed by atoms with van der Waals surface area (Å²) in [6.07, 6.45) is 4.07. The van der Waals surface area contributed by atoms with Crippen LogP contribution in [0.2, 0.25) is 0 Å². The second kappa shape index (κ2) is 8.95. The first-order chi connectivity index (χ1) is 15.0. The Hall–Kier alpha value is -3.74. The van der Waals surface area contributed by atoms with Crippen LogP contribution >= 0.6 is 0 Å². The van der Waals surface area contributed by atoms with Gasteiger partial charge in [0.25, 0.3) is 5.56 Å². The van der Waals surface area contributed by atoms with Gasteiger partial charge in [0, 0.05) is 25.1 Å². The number of nitrogens with zero attached hydrogens (tertiary/aromatic N) is 2. The highest BCUT2D eigenvalue weighted by Crippen LogP contribution is 2.28. The van der Waals surface area contributed by atoms with Crippen LogP contribution in [-0.2, 0) is 16.1 Å². The Morgan fingerprint density at radius 1 is 1.10 bits per heavy atom. The molecule has 0 spiro atoms. The van der Waals surface area contributed by atoms with E-state index in [1.54, 1.807) is 22.8 Å². The van der Waals surface area contributed by atoms with E-state index in [1.165, 1.54) is 0 Å². The number of rotatable bonds is 7. The van der Waals surface area contributed by atoms with Crippen LogP contribution < -0.4 is 10.9 Å². The molecule has 1 aromatic heterocycles. The lowest BCUT2D eigenvalue weighted by Crippen LogP contribution is -2.21. The molecule has 2 N–H and O–H groups in total. The quantitative estimate of drug-likeness (QED) is 0.567. The van der Waals surface area contributed by atoms with Gasteiger partial charge in [-0.2, -0.15) is 0 Å². The first kappa shape index (κ1) is 20.5. The lowest BCUT2D eigenvalue weighted by Gasteiger charge is -2.09. The molecule has 4 rings (SSSR count). The van der Waals surface area contributed by atoms with Gasteiger partial charge in [-0.15, -0.1) is 0 Å². The van der Waals surface area contributed by atoms with Crippen molar-refractivity contribution in [2.75, 3.05) is 5.32 Å². The molecule has 0 saturated heterocycles. The van der Waals surface area contributed by atoms with Crippen LogP contribution in [0, 0.1) is 0 Å². The first-order valence-corrected chi connectivity index (χ1v) is 10.3. The molecule has 3 aromatic rings. The predicted molar refractivity (Wildman–Crippen MR) is 120 cm³/mol. The maximum Gasteiger partial charge on any atom is 0.303 e. The molecule has 0 bridgehead atoms. The van der Waals surface area contributed by atoms with Crippen LogP contribution in [0.5, 0.6) is 0 Å². The molecular weight excluding hydrogens is 394 g/mol. The Bertz CT molecular complexity index is 1230. The first-order valence-electron chi connectivity index (χ1n) is 10.3. The summed E-state index contributed by atoms with van der Waals surface area (Å²) in [5, 5.41) is 12.0. The van der Waals surface area contributed by atoms with E-state index in [2.05, 4.69) is 11.4 Å². The van der Waals surface area contributed by atoms with Crippen LogP contribution in [0.25, 0.3) is 22.6 Å². The van der Waals surface area contributed by atoms with Crippen LogP contribution in [0.1, 0.15) is 43.5 Å². The number of amides is 1. The molecule has 158 valence electrons. The van der Waals surface area contributed by atoms with Crippen LogP contribution in [-0.4, -0.2) is 26.5 Å². The normalized spacial score (nSPS) is 14.0. The number of benzene rings is 2. The summed E-state index contributed by atoms with van der Waals surface area (Å²) in [5.41, 5.74) is 3.10. The van der Waals surface area contributed by atoms with Crippen molar-refractivity contribution in [2.45, 2.75) is 38.6 Å². The number of fused-ring (bicyclic) bond motifs is 2. The Kier molecular flexibility index (Phi) is 5.93. The third-order valence-corrected chi connectivity index (χ3v) is 5.32. The lowest BCUT2D eigenvalue weighted by atomic mass is 10.1. The van der Waals surface area contributed by atoms with Gasteiger partial charge < -0.3 is 10.4 Å². The Morgan fingerprint density at radius 3 is 2.65 bits per heavy atom. The molecule has 31 heavy (non-hydrogen) atoms. The van der Waals surface area contributed by atoms with Gasteiger partial charge in [0.2, 0.25) is 5.91 Å². The molecule has 0 radical (unpaired) electrons. The third-order valence-electron chi connectivity index (χ3n) is 5.32. The number of anilines is 1. The molecule has 1 aliphatic rings. The topological polar surface area (TPSA) is 101 Å². The van der Waals surface area contributed by atoms with Gasteiger partial charge in [0.05, 0.1) is 10.9 Å². The number of carbonyl (C=O) groups excluding carboxylic acids is 1. The third kappa shape index (κ3) is 4.71. The largest absolute Gasteiger partial charge is 0.481 e. The van der Waals surface area contributed by atoms with Gasteiger partial charge in [0.15, 0.2) is 0 Å². The molecule has 2 heterocycles. The maximum absolute atomic E-state index is 12.9. The zero-order chi connectivity index (χ0) is 21.8. The van der Waals surface area contributed by atoms with E-state index in [-0.39, 0.29) is 24.3 Å². The molecule has 0 fully saturated rings. The second-order valence-corrected chi connectivity index (χ2v) is 7.60. The number of unbranched alkanes of at least 4 members (excludes halogenated alkanes) is 1. The molecule has 1 amide bonds. The predicted octanol–water partition coefficient (Wildman–Crippen LogP) is 3.92. The molecule has 7 heteroatoms. The number of aromatic nitrogens is 2. The van der Waals surface area contributed by atoms with Crippen molar-refractivity contribution >= 4 is 40.1 Å². The number of carbonyl (C=O) groups is 2. The van der Waals surface area contributed by atoms with Crippen molar-refractivity contribution in [1.82, 2.24) is 9.55 Å². The number of aliphatic carboxylic acids is 1. The number of nitrogens with one attached hydrogen (secondary N) is 1. The zero-order valence-corrected chi connectivity index (χ0v) is 17.0. The Morgan fingerprint density at radius 2 is 1.87 bits per heavy atom. The minimum atomic E-state index is -0.861. The van der Waals surface area contributed by atoms with E-state index >= 15 is 0 Å². The molecule has 2 aromatic carbocycles. The van der Waals surface area contributed by atoms with Crippen molar-refractivity contribution in [1.29, 1.82) is 0 Å². The van der Waals surface area contributed by atoms with Gasteiger partial charge in [-0.1, -0.05) is 30.3 Å². The smallest absolute Gasteiger partial charge is 0.303 e. The van der Waals surface area contributed by atoms with Gasteiger partial charge in [-0.25, -0.2) is 4.98 Å². The molecular formula is C24H23N3O4. The number of allylic oxidation sites excluding steroid dienone is 1. The van der Waals surface area contributed by atoms with Crippen molar-refractivity contribution in [3.63, 3.8) is 0 Å². The van der Waals surface area contributed by atoms with E-state index in [4.69, 9.17) is 10.1 Å². The van der Waals surface area contributed by atoms with Crippen molar-refractivity contribution < 1.29 is 14.7 Å². The summed E-state index contributed by atoms with van der Waals surface area (Å²) in [4.78, 5) is 40.4. The van der Waals surface area contributed by atoms with Gasteiger partial charge in [-0.05, 0) is 54.7 Å². The summed E-state index contributed by atoms with van der Waals surface area (Å²) in [6, 6.07) is 15.0. The Balaban J connectivity index is 1.57. The second-order valence-electron chi connectivity index (χ2n) is 7.60. The van der Waals surface area contributed by atoms with Crippen molar-refractivity contribution in [2.24, 2.45) is 0 Å². The molecule has 7 nitrogen and oxygen atoms in total. The van der Waals surface area contributed by atoms with E-state index in [0.29, 0.717) is 41.8 Å². The van der Waals surface area contributed by atoms with Gasteiger partial charge in [0.1, 0.15) is 5.82 Å². The van der Waals surface area contributed by atoms with Crippen molar-refractivity contribution in [3.05, 3.63) is 70.3 Å². The maximum atomic E-state index is 12.9. The van der Waals surface area contributed by atoms with E-state index in [9.17, 15) is 14.4 Å². The fraction of sp³-hybridized carbons (Fsp3) is 0.250. The fourth-order valence-corrected chi connectivity index (χ4v) is 3.77. The lowest BCUT2D eigenvalue weighted by molar-refractivity contribution is -0.137. The summed E-state index contributed by atoms with van der Waals surface area (Å²) in [5.74, 6) is -0.383. The average Bonchev–Trinajstić information content (AvgIpc) is 3.14. The number of carboxylic acid groups (broad SMARTS) is 1. The number of carboxylic acids is 1. The van der Waals surface area contributed by atoms with E-state index in [1.807, 2.05) is 30.3 Å². The monoisotopic (exact) mass is 417 g/mol. The summed E-state index contributed by atoms with van der Waals surface area (Å²) >= 11 is 0. The standard InChI is InChI=1S/C24H23N3O4/c28-21(8-4-5-9-22(29)30)25-18-10-11-19-20(15-18)26-23-17(12-13-27(23)24(19)31)14-16-6-2-1-3-7-16/h1-3,6-7,10-11,14-15H,4-5,8-9,12-13H2,(H,25,28)(H,29,30). The minimum absolute atomic E-state index is 0.0566. The molecule has 0 saturated carbocycles. The molecule has 1 aliphatic heterocycles. The summed E-state index contributed by atoms with van der Waals surface area (Å²) in [6.45, 7) is 0.602. The summed E-state index contributed by atoms with van der Waals surface area (Å²) < 4.78 is 1.71. The molecule has 0 aliphatic carbocycles. The highest BCUT2D eigenvalue weighted by Gasteiger charge is 2.21.